The zero-order valence-corrected chi connectivity index (χ0v) is 15.8. The number of nitrogen functional groups attached to an aromatic ring is 1. The van der Waals surface area contributed by atoms with Crippen molar-refractivity contribution < 1.29 is 9.59 Å². The molecule has 1 aliphatic rings. The summed E-state index contributed by atoms with van der Waals surface area (Å²) in [5.41, 5.74) is 9.01. The molecule has 0 bridgehead atoms. The molecule has 0 aliphatic carbocycles. The molecule has 27 heavy (non-hydrogen) atoms. The van der Waals surface area contributed by atoms with Crippen LogP contribution in [0.15, 0.2) is 48.5 Å². The zero-order valence-electron chi connectivity index (χ0n) is 15.8. The van der Waals surface area contributed by atoms with Gasteiger partial charge in [0.25, 0.3) is 5.91 Å². The number of likely N-dealkylation sites (tertiary alicyclic amines) is 1. The highest BCUT2D eigenvalue weighted by atomic mass is 16.2. The monoisotopic (exact) mass is 365 g/mol. The number of rotatable bonds is 5. The van der Waals surface area contributed by atoms with Gasteiger partial charge in [0.05, 0.1) is 6.54 Å². The van der Waals surface area contributed by atoms with Crippen LogP contribution in [-0.4, -0.2) is 36.3 Å². The molecule has 0 radical (unpaired) electrons. The van der Waals surface area contributed by atoms with E-state index in [0.29, 0.717) is 17.2 Å². The Morgan fingerprint density at radius 3 is 2.52 bits per heavy atom. The second-order valence-corrected chi connectivity index (χ2v) is 7.27. The molecular weight excluding hydrogens is 338 g/mol. The molecule has 0 unspecified atom stereocenters. The third-order valence-electron chi connectivity index (χ3n) is 5.24. The van der Waals surface area contributed by atoms with Gasteiger partial charge in [-0.3, -0.25) is 9.59 Å². The predicted octanol–water partition coefficient (Wildman–Crippen LogP) is 2.79. The van der Waals surface area contributed by atoms with Crippen molar-refractivity contribution in [3.05, 3.63) is 65.2 Å². The lowest BCUT2D eigenvalue weighted by molar-refractivity contribution is -0.131. The van der Waals surface area contributed by atoms with E-state index < -0.39 is 0 Å². The molecule has 2 aromatic rings. The van der Waals surface area contributed by atoms with E-state index in [1.807, 2.05) is 24.0 Å². The summed E-state index contributed by atoms with van der Waals surface area (Å²) in [6.45, 7) is 3.39. The summed E-state index contributed by atoms with van der Waals surface area (Å²) < 4.78 is 0. The highest BCUT2D eigenvalue weighted by molar-refractivity contribution is 5.98. The second kappa shape index (κ2) is 8.71. The van der Waals surface area contributed by atoms with Crippen LogP contribution in [0.3, 0.4) is 0 Å². The van der Waals surface area contributed by atoms with E-state index in [9.17, 15) is 9.59 Å². The van der Waals surface area contributed by atoms with Gasteiger partial charge in [0.15, 0.2) is 0 Å². The molecule has 5 nitrogen and oxygen atoms in total. The summed E-state index contributed by atoms with van der Waals surface area (Å²) in [5, 5.41) is 2.73. The van der Waals surface area contributed by atoms with Crippen LogP contribution in [0.2, 0.25) is 0 Å². The predicted molar refractivity (Wildman–Crippen MR) is 107 cm³/mol. The fraction of sp³-hybridized carbons (Fsp3) is 0.364. The van der Waals surface area contributed by atoms with Crippen molar-refractivity contribution in [2.24, 2.45) is 5.92 Å². The molecule has 1 fully saturated rings. The van der Waals surface area contributed by atoms with E-state index in [1.54, 1.807) is 12.1 Å². The molecule has 0 atom stereocenters. The molecule has 142 valence electrons. The van der Waals surface area contributed by atoms with Crippen LogP contribution in [0.5, 0.6) is 0 Å². The van der Waals surface area contributed by atoms with Crippen LogP contribution in [0.4, 0.5) is 5.69 Å². The van der Waals surface area contributed by atoms with Crippen molar-refractivity contribution in [1.82, 2.24) is 10.2 Å². The number of carbonyl (C=O) groups is 2. The minimum Gasteiger partial charge on any atom is -0.399 e. The number of nitrogens with two attached hydrogens (primary N) is 1. The van der Waals surface area contributed by atoms with E-state index in [-0.39, 0.29) is 18.4 Å². The highest BCUT2D eigenvalue weighted by Gasteiger charge is 2.23. The van der Waals surface area contributed by atoms with Gasteiger partial charge in [-0.05, 0) is 55.4 Å². The molecule has 1 heterocycles. The number of piperidine rings is 1. The standard InChI is InChI=1S/C22H27N3O2/c1-16-7-8-19(23)14-20(16)22(27)24-15-21(26)25-11-9-18(10-12-25)13-17-5-3-2-4-6-17/h2-8,14,18H,9-13,15,23H2,1H3,(H,24,27). The number of anilines is 1. The average Bonchev–Trinajstić information content (AvgIpc) is 2.69. The Hall–Kier alpha value is -2.82. The van der Waals surface area contributed by atoms with Crippen molar-refractivity contribution >= 4 is 17.5 Å². The minimum atomic E-state index is -0.257. The number of aryl methyl sites for hydroxylation is 1. The average molecular weight is 365 g/mol. The lowest BCUT2D eigenvalue weighted by Gasteiger charge is -2.32. The quantitative estimate of drug-likeness (QED) is 0.800. The number of benzene rings is 2. The summed E-state index contributed by atoms with van der Waals surface area (Å²) in [6, 6.07) is 15.7. The Bertz CT molecular complexity index is 796. The first-order chi connectivity index (χ1) is 13.0. The normalized spacial score (nSPS) is 14.8. The Kier molecular flexibility index (Phi) is 6.12. The first kappa shape index (κ1) is 19.0. The Labute approximate surface area is 160 Å². The van der Waals surface area contributed by atoms with E-state index in [4.69, 9.17) is 5.73 Å². The fourth-order valence-corrected chi connectivity index (χ4v) is 3.58. The van der Waals surface area contributed by atoms with Gasteiger partial charge in [-0.25, -0.2) is 0 Å². The lowest BCUT2D eigenvalue weighted by atomic mass is 9.90. The molecule has 0 spiro atoms. The third-order valence-corrected chi connectivity index (χ3v) is 5.24. The molecule has 1 aliphatic heterocycles. The highest BCUT2D eigenvalue weighted by Crippen LogP contribution is 2.21. The van der Waals surface area contributed by atoms with Crippen LogP contribution < -0.4 is 11.1 Å². The molecule has 0 saturated carbocycles. The summed E-state index contributed by atoms with van der Waals surface area (Å²) in [7, 11) is 0. The van der Waals surface area contributed by atoms with Crippen molar-refractivity contribution in [3.8, 4) is 0 Å². The minimum absolute atomic E-state index is 0.0242. The summed E-state index contributed by atoms with van der Waals surface area (Å²) in [4.78, 5) is 26.6. The molecule has 3 N–H and O–H groups in total. The van der Waals surface area contributed by atoms with Gasteiger partial charge in [0.2, 0.25) is 5.91 Å². The van der Waals surface area contributed by atoms with Gasteiger partial charge in [-0.2, -0.15) is 0 Å². The van der Waals surface area contributed by atoms with Crippen molar-refractivity contribution in [2.45, 2.75) is 26.2 Å². The maximum absolute atomic E-state index is 12.4. The largest absolute Gasteiger partial charge is 0.399 e. The number of hydrogen-bond donors (Lipinski definition) is 2. The molecule has 1 saturated heterocycles. The van der Waals surface area contributed by atoms with Gasteiger partial charge < -0.3 is 16.0 Å². The van der Waals surface area contributed by atoms with Crippen LogP contribution in [0.25, 0.3) is 0 Å². The molecule has 2 amide bonds. The van der Waals surface area contributed by atoms with Crippen LogP contribution in [-0.2, 0) is 11.2 Å². The molecule has 3 rings (SSSR count). The van der Waals surface area contributed by atoms with Crippen molar-refractivity contribution in [1.29, 1.82) is 0 Å². The fourth-order valence-electron chi connectivity index (χ4n) is 3.58. The van der Waals surface area contributed by atoms with Gasteiger partial charge in [-0.1, -0.05) is 36.4 Å². The van der Waals surface area contributed by atoms with E-state index >= 15 is 0 Å². The Morgan fingerprint density at radius 1 is 1.11 bits per heavy atom. The number of hydrogen-bond acceptors (Lipinski definition) is 3. The first-order valence-electron chi connectivity index (χ1n) is 9.49. The molecular formula is C22H27N3O2. The van der Waals surface area contributed by atoms with Crippen LogP contribution in [0, 0.1) is 12.8 Å². The zero-order chi connectivity index (χ0) is 19.2. The van der Waals surface area contributed by atoms with Crippen molar-refractivity contribution in [2.75, 3.05) is 25.4 Å². The van der Waals surface area contributed by atoms with E-state index in [2.05, 4.69) is 29.6 Å². The number of nitrogens with one attached hydrogen (secondary N) is 1. The summed E-state index contributed by atoms with van der Waals surface area (Å²) >= 11 is 0. The molecule has 0 aromatic heterocycles. The molecule has 2 aromatic carbocycles. The number of nitrogens with zero attached hydrogens (tertiary/aromatic N) is 1. The van der Waals surface area contributed by atoms with Gasteiger partial charge in [-0.15, -0.1) is 0 Å². The van der Waals surface area contributed by atoms with Gasteiger partial charge in [0.1, 0.15) is 0 Å². The Morgan fingerprint density at radius 2 is 1.81 bits per heavy atom. The number of carbonyl (C=O) groups excluding carboxylic acids is 2. The Balaban J connectivity index is 1.45. The second-order valence-electron chi connectivity index (χ2n) is 7.27. The van der Waals surface area contributed by atoms with E-state index in [1.165, 1.54) is 5.56 Å². The SMILES string of the molecule is Cc1ccc(N)cc1C(=O)NCC(=O)N1CCC(Cc2ccccc2)CC1. The number of amides is 2. The lowest BCUT2D eigenvalue weighted by Crippen LogP contribution is -2.44. The summed E-state index contributed by atoms with van der Waals surface area (Å²) in [5.74, 6) is 0.330. The topological polar surface area (TPSA) is 75.4 Å². The smallest absolute Gasteiger partial charge is 0.252 e. The summed E-state index contributed by atoms with van der Waals surface area (Å²) in [6.07, 6.45) is 3.07. The van der Waals surface area contributed by atoms with Crippen LogP contribution in [0.1, 0.15) is 34.3 Å². The third kappa shape index (κ3) is 5.09. The van der Waals surface area contributed by atoms with Gasteiger partial charge >= 0.3 is 0 Å². The van der Waals surface area contributed by atoms with Crippen molar-refractivity contribution in [3.63, 3.8) is 0 Å². The maximum atomic E-state index is 12.4. The molecule has 5 heteroatoms. The first-order valence-corrected chi connectivity index (χ1v) is 9.49. The maximum Gasteiger partial charge on any atom is 0.252 e. The van der Waals surface area contributed by atoms with Gasteiger partial charge in [0, 0.05) is 24.3 Å². The van der Waals surface area contributed by atoms with Crippen LogP contribution >= 0.6 is 0 Å². The van der Waals surface area contributed by atoms with E-state index in [0.717, 1.165) is 37.9 Å².